The first-order valence-electron chi connectivity index (χ1n) is 7.39. The molecule has 0 bridgehead atoms. The molecule has 0 atom stereocenters. The highest BCUT2D eigenvalue weighted by molar-refractivity contribution is 7.11. The largest absolute Gasteiger partial charge is 0.326 e. The molecule has 0 aromatic carbocycles. The third-order valence-electron chi connectivity index (χ3n) is 3.79. The summed E-state index contributed by atoms with van der Waals surface area (Å²) in [6.07, 6.45) is 9.31. The summed E-state index contributed by atoms with van der Waals surface area (Å²) >= 11 is 1.88. The van der Waals surface area contributed by atoms with Crippen LogP contribution in [0, 0.1) is 5.92 Å². The standard InChI is InChI=1S/C15H26N2S/c1-11(2)9-13-14(10-16)18-15(17-13)12-7-5-3-4-6-8-12/h11-12H,3-10,16H2,1-2H3. The lowest BCUT2D eigenvalue weighted by molar-refractivity contribution is 0.581. The van der Waals surface area contributed by atoms with Gasteiger partial charge in [0.05, 0.1) is 10.7 Å². The van der Waals surface area contributed by atoms with Gasteiger partial charge in [-0.15, -0.1) is 11.3 Å². The molecule has 2 nitrogen and oxygen atoms in total. The van der Waals surface area contributed by atoms with E-state index in [9.17, 15) is 0 Å². The maximum Gasteiger partial charge on any atom is 0.0962 e. The van der Waals surface area contributed by atoms with E-state index in [0.717, 1.165) is 6.42 Å². The number of nitrogens with two attached hydrogens (primary N) is 1. The van der Waals surface area contributed by atoms with Gasteiger partial charge < -0.3 is 5.73 Å². The number of rotatable bonds is 4. The molecule has 18 heavy (non-hydrogen) atoms. The Bertz CT molecular complexity index is 363. The van der Waals surface area contributed by atoms with Gasteiger partial charge in [-0.25, -0.2) is 4.98 Å². The molecule has 102 valence electrons. The summed E-state index contributed by atoms with van der Waals surface area (Å²) in [7, 11) is 0. The number of hydrogen-bond acceptors (Lipinski definition) is 3. The molecule has 1 heterocycles. The zero-order chi connectivity index (χ0) is 13.0. The van der Waals surface area contributed by atoms with E-state index < -0.39 is 0 Å². The molecule has 1 saturated carbocycles. The fourth-order valence-corrected chi connectivity index (χ4v) is 3.95. The van der Waals surface area contributed by atoms with Gasteiger partial charge >= 0.3 is 0 Å². The van der Waals surface area contributed by atoms with Gasteiger partial charge in [-0.3, -0.25) is 0 Å². The highest BCUT2D eigenvalue weighted by Gasteiger charge is 2.20. The Morgan fingerprint density at radius 2 is 1.89 bits per heavy atom. The summed E-state index contributed by atoms with van der Waals surface area (Å²) in [6, 6.07) is 0. The van der Waals surface area contributed by atoms with Crippen molar-refractivity contribution in [2.75, 3.05) is 0 Å². The maximum absolute atomic E-state index is 5.87. The summed E-state index contributed by atoms with van der Waals surface area (Å²) in [4.78, 5) is 6.25. The molecule has 3 heteroatoms. The van der Waals surface area contributed by atoms with Crippen LogP contribution in [0.15, 0.2) is 0 Å². The van der Waals surface area contributed by atoms with E-state index >= 15 is 0 Å². The van der Waals surface area contributed by atoms with Crippen LogP contribution in [0.3, 0.4) is 0 Å². The Morgan fingerprint density at radius 1 is 1.22 bits per heavy atom. The van der Waals surface area contributed by atoms with E-state index in [4.69, 9.17) is 10.7 Å². The second kappa shape index (κ2) is 6.67. The molecule has 0 amide bonds. The van der Waals surface area contributed by atoms with Crippen LogP contribution in [-0.4, -0.2) is 4.98 Å². The molecule has 1 aliphatic carbocycles. The Kier molecular flexibility index (Phi) is 5.19. The summed E-state index contributed by atoms with van der Waals surface area (Å²) in [5.74, 6) is 1.38. The Morgan fingerprint density at radius 3 is 2.44 bits per heavy atom. The molecule has 0 spiro atoms. The minimum absolute atomic E-state index is 0.659. The van der Waals surface area contributed by atoms with Crippen molar-refractivity contribution in [1.29, 1.82) is 0 Å². The Hall–Kier alpha value is -0.410. The molecule has 2 N–H and O–H groups in total. The van der Waals surface area contributed by atoms with Gasteiger partial charge in [-0.05, 0) is 25.2 Å². The van der Waals surface area contributed by atoms with Crippen molar-refractivity contribution in [2.45, 2.75) is 71.3 Å². The zero-order valence-corrected chi connectivity index (χ0v) is 12.6. The van der Waals surface area contributed by atoms with Crippen LogP contribution >= 0.6 is 11.3 Å². The van der Waals surface area contributed by atoms with Crippen molar-refractivity contribution in [3.05, 3.63) is 15.6 Å². The van der Waals surface area contributed by atoms with Crippen LogP contribution in [0.25, 0.3) is 0 Å². The topological polar surface area (TPSA) is 38.9 Å². The number of nitrogens with zero attached hydrogens (tertiary/aromatic N) is 1. The van der Waals surface area contributed by atoms with E-state index in [1.54, 1.807) is 0 Å². The van der Waals surface area contributed by atoms with Gasteiger partial charge in [0.2, 0.25) is 0 Å². The van der Waals surface area contributed by atoms with Crippen LogP contribution in [0.5, 0.6) is 0 Å². The van der Waals surface area contributed by atoms with Crippen LogP contribution in [-0.2, 0) is 13.0 Å². The molecule has 1 aliphatic rings. The van der Waals surface area contributed by atoms with E-state index in [-0.39, 0.29) is 0 Å². The third kappa shape index (κ3) is 3.55. The lowest BCUT2D eigenvalue weighted by Crippen LogP contribution is -2.02. The number of aromatic nitrogens is 1. The monoisotopic (exact) mass is 266 g/mol. The van der Waals surface area contributed by atoms with Gasteiger partial charge in [0.15, 0.2) is 0 Å². The van der Waals surface area contributed by atoms with Crippen molar-refractivity contribution in [2.24, 2.45) is 11.7 Å². The molecular weight excluding hydrogens is 240 g/mol. The lowest BCUT2D eigenvalue weighted by Gasteiger charge is -2.09. The molecular formula is C15H26N2S. The van der Waals surface area contributed by atoms with Crippen molar-refractivity contribution >= 4 is 11.3 Å². The van der Waals surface area contributed by atoms with Crippen molar-refractivity contribution in [3.8, 4) is 0 Å². The average molecular weight is 266 g/mol. The molecule has 0 aliphatic heterocycles. The first-order chi connectivity index (χ1) is 8.70. The van der Waals surface area contributed by atoms with Gasteiger partial charge in [-0.1, -0.05) is 39.5 Å². The van der Waals surface area contributed by atoms with E-state index in [1.165, 1.54) is 54.1 Å². The minimum atomic E-state index is 0.659. The first kappa shape index (κ1) is 14.0. The van der Waals surface area contributed by atoms with Crippen LogP contribution in [0.2, 0.25) is 0 Å². The van der Waals surface area contributed by atoms with Gasteiger partial charge in [0.1, 0.15) is 0 Å². The van der Waals surface area contributed by atoms with E-state index in [1.807, 2.05) is 11.3 Å². The quantitative estimate of drug-likeness (QED) is 0.828. The zero-order valence-electron chi connectivity index (χ0n) is 11.7. The SMILES string of the molecule is CC(C)Cc1nc(C2CCCCCC2)sc1CN. The van der Waals surface area contributed by atoms with Gasteiger partial charge in [-0.2, -0.15) is 0 Å². The summed E-state index contributed by atoms with van der Waals surface area (Å²) < 4.78 is 0. The normalized spacial score (nSPS) is 18.2. The van der Waals surface area contributed by atoms with Crippen molar-refractivity contribution in [3.63, 3.8) is 0 Å². The molecule has 1 aromatic rings. The van der Waals surface area contributed by atoms with E-state index in [0.29, 0.717) is 18.4 Å². The van der Waals surface area contributed by atoms with Gasteiger partial charge in [0, 0.05) is 17.3 Å². The first-order valence-corrected chi connectivity index (χ1v) is 8.21. The van der Waals surface area contributed by atoms with Crippen LogP contribution in [0.1, 0.15) is 73.9 Å². The molecule has 0 radical (unpaired) electrons. The number of hydrogen-bond donors (Lipinski definition) is 1. The van der Waals surface area contributed by atoms with Crippen LogP contribution in [0.4, 0.5) is 0 Å². The predicted molar refractivity (Wildman–Crippen MR) is 79.0 cm³/mol. The molecule has 1 aromatic heterocycles. The highest BCUT2D eigenvalue weighted by atomic mass is 32.1. The molecule has 0 saturated heterocycles. The molecule has 1 fully saturated rings. The number of thiazole rings is 1. The van der Waals surface area contributed by atoms with Crippen LogP contribution < -0.4 is 5.73 Å². The summed E-state index contributed by atoms with van der Waals surface area (Å²) in [6.45, 7) is 5.17. The average Bonchev–Trinajstić information content (AvgIpc) is 2.57. The fourth-order valence-electron chi connectivity index (χ4n) is 2.81. The second-order valence-electron chi connectivity index (χ2n) is 5.91. The smallest absolute Gasteiger partial charge is 0.0962 e. The Labute approximate surface area is 115 Å². The summed E-state index contributed by atoms with van der Waals surface area (Å²) in [5, 5.41) is 1.37. The lowest BCUT2D eigenvalue weighted by atomic mass is 10.0. The maximum atomic E-state index is 5.87. The predicted octanol–water partition coefficient (Wildman–Crippen LogP) is 4.24. The van der Waals surface area contributed by atoms with Crippen molar-refractivity contribution < 1.29 is 0 Å². The Balaban J connectivity index is 2.14. The highest BCUT2D eigenvalue weighted by Crippen LogP contribution is 2.35. The second-order valence-corrected chi connectivity index (χ2v) is 7.03. The van der Waals surface area contributed by atoms with E-state index in [2.05, 4.69) is 13.8 Å². The molecule has 2 rings (SSSR count). The minimum Gasteiger partial charge on any atom is -0.326 e. The fraction of sp³-hybridized carbons (Fsp3) is 0.800. The third-order valence-corrected chi connectivity index (χ3v) is 5.07. The van der Waals surface area contributed by atoms with Crippen molar-refractivity contribution in [1.82, 2.24) is 4.98 Å². The van der Waals surface area contributed by atoms with Gasteiger partial charge in [0.25, 0.3) is 0 Å². The summed E-state index contributed by atoms with van der Waals surface area (Å²) in [5.41, 5.74) is 7.15. The molecule has 0 unspecified atom stereocenters.